The summed E-state index contributed by atoms with van der Waals surface area (Å²) in [5.74, 6) is -0.469. The van der Waals surface area contributed by atoms with Gasteiger partial charge in [0, 0.05) is 62.8 Å². The fourth-order valence-electron chi connectivity index (χ4n) is 8.18. The topological polar surface area (TPSA) is 121 Å². The Morgan fingerprint density at radius 2 is 1.71 bits per heavy atom. The number of alkyl halides is 1. The minimum atomic E-state index is -0.710. The summed E-state index contributed by atoms with van der Waals surface area (Å²) in [7, 11) is 0. The van der Waals surface area contributed by atoms with Crippen LogP contribution in [0.4, 0.5) is 0 Å². The molecule has 38 heavy (non-hydrogen) atoms. The van der Waals surface area contributed by atoms with Crippen molar-refractivity contribution in [2.45, 2.75) is 99.9 Å². The standard InChI is InChI=1S/C28H52ClN7O2/c29-20-3-9-28(7-1-2-8-28)17-22(33-18-20)25(26(30)31)27(37)34-23-19-32-10-4-24(23)36-11-5-21(6-12-36)35-13-15-38-16-14-35/h20-26,32-33H,1-19,30-31H2,(H,34,37). The van der Waals surface area contributed by atoms with Crippen molar-refractivity contribution in [3.05, 3.63) is 0 Å². The van der Waals surface area contributed by atoms with Crippen LogP contribution in [-0.2, 0) is 9.53 Å². The van der Waals surface area contributed by atoms with Crippen LogP contribution < -0.4 is 27.4 Å². The first-order valence-electron chi connectivity index (χ1n) is 15.4. The van der Waals surface area contributed by atoms with Crippen molar-refractivity contribution < 1.29 is 9.53 Å². The van der Waals surface area contributed by atoms with E-state index in [-0.39, 0.29) is 28.8 Å². The highest BCUT2D eigenvalue weighted by Gasteiger charge is 2.44. The predicted octanol–water partition coefficient (Wildman–Crippen LogP) is 0.799. The molecule has 5 rings (SSSR count). The van der Waals surface area contributed by atoms with E-state index in [0.717, 1.165) is 78.2 Å². The highest BCUT2D eigenvalue weighted by atomic mass is 35.5. The van der Waals surface area contributed by atoms with Gasteiger partial charge in [0.05, 0.1) is 31.3 Å². The number of nitrogens with zero attached hydrogens (tertiary/aromatic N) is 2. The molecule has 5 fully saturated rings. The van der Waals surface area contributed by atoms with Crippen molar-refractivity contribution in [1.29, 1.82) is 0 Å². The molecule has 10 heteroatoms. The molecule has 5 atom stereocenters. The molecule has 4 aliphatic heterocycles. The Kier molecular flexibility index (Phi) is 10.2. The number of rotatable bonds is 6. The molecular weight excluding hydrogens is 502 g/mol. The third-order valence-electron chi connectivity index (χ3n) is 10.4. The van der Waals surface area contributed by atoms with Crippen LogP contribution in [0.15, 0.2) is 0 Å². The SMILES string of the molecule is NC(N)C(C(=O)NC1CNCCC1N1CCC(N2CCOCC2)CC1)C1CC2(CCCC2)CCC(Cl)CN1. The number of halogens is 1. The number of amides is 1. The maximum absolute atomic E-state index is 13.9. The van der Waals surface area contributed by atoms with Crippen LogP contribution in [-0.4, -0.2) is 110 Å². The van der Waals surface area contributed by atoms with Crippen LogP contribution in [0.3, 0.4) is 0 Å². The van der Waals surface area contributed by atoms with Gasteiger partial charge in [-0.1, -0.05) is 12.8 Å². The molecule has 1 amide bonds. The van der Waals surface area contributed by atoms with Crippen molar-refractivity contribution in [2.75, 3.05) is 59.0 Å². The summed E-state index contributed by atoms with van der Waals surface area (Å²) in [6.07, 6.45) is 10.8. The molecular formula is C28H52ClN7O2. The van der Waals surface area contributed by atoms with Gasteiger partial charge in [-0.15, -0.1) is 11.6 Å². The Labute approximate surface area is 234 Å². The molecule has 218 valence electrons. The second-order valence-corrected chi connectivity index (χ2v) is 13.4. The van der Waals surface area contributed by atoms with E-state index in [1.165, 1.54) is 38.5 Å². The minimum absolute atomic E-state index is 0.000699. The van der Waals surface area contributed by atoms with Crippen molar-refractivity contribution in [3.8, 4) is 0 Å². The highest BCUT2D eigenvalue weighted by molar-refractivity contribution is 6.20. The number of nitrogens with two attached hydrogens (primary N) is 2. The Balaban J connectivity index is 1.22. The first-order valence-corrected chi connectivity index (χ1v) is 15.8. The molecule has 0 radical (unpaired) electrons. The van der Waals surface area contributed by atoms with E-state index in [9.17, 15) is 4.79 Å². The predicted molar refractivity (Wildman–Crippen MR) is 152 cm³/mol. The van der Waals surface area contributed by atoms with Crippen molar-refractivity contribution in [1.82, 2.24) is 25.8 Å². The first kappa shape index (κ1) is 29.0. The maximum atomic E-state index is 13.9. The van der Waals surface area contributed by atoms with Crippen LogP contribution in [0.25, 0.3) is 0 Å². The number of piperidine rings is 2. The Morgan fingerprint density at radius 1 is 0.974 bits per heavy atom. The maximum Gasteiger partial charge on any atom is 0.227 e. The van der Waals surface area contributed by atoms with Gasteiger partial charge in [-0.2, -0.15) is 0 Å². The summed E-state index contributed by atoms with van der Waals surface area (Å²) in [6.45, 7) is 8.47. The first-order chi connectivity index (χ1) is 18.4. The average molecular weight is 554 g/mol. The second kappa shape index (κ2) is 13.4. The highest BCUT2D eigenvalue weighted by Crippen LogP contribution is 2.47. The number of ether oxygens (including phenoxy) is 1. The van der Waals surface area contributed by atoms with Gasteiger partial charge in [0.1, 0.15) is 0 Å². The zero-order valence-corrected chi connectivity index (χ0v) is 24.0. The summed E-state index contributed by atoms with van der Waals surface area (Å²) >= 11 is 6.66. The number of hydrogen-bond donors (Lipinski definition) is 5. The van der Waals surface area contributed by atoms with Crippen LogP contribution in [0, 0.1) is 11.3 Å². The number of nitrogens with one attached hydrogen (secondary N) is 3. The quantitative estimate of drug-likeness (QED) is 0.242. The number of carbonyl (C=O) groups excluding carboxylic acids is 1. The number of carbonyl (C=O) groups is 1. The molecule has 5 unspecified atom stereocenters. The zero-order valence-electron chi connectivity index (χ0n) is 23.2. The molecule has 4 saturated heterocycles. The number of morpholine rings is 1. The number of likely N-dealkylation sites (tertiary alicyclic amines) is 1. The molecule has 5 aliphatic rings. The Morgan fingerprint density at radius 3 is 2.42 bits per heavy atom. The van der Waals surface area contributed by atoms with Gasteiger partial charge in [-0.05, 0) is 63.3 Å². The van der Waals surface area contributed by atoms with Crippen LogP contribution in [0.5, 0.6) is 0 Å². The van der Waals surface area contributed by atoms with E-state index in [2.05, 4.69) is 25.8 Å². The lowest BCUT2D eigenvalue weighted by Crippen LogP contribution is -2.65. The molecule has 1 saturated carbocycles. The van der Waals surface area contributed by atoms with E-state index >= 15 is 0 Å². The largest absolute Gasteiger partial charge is 0.379 e. The molecule has 0 aromatic rings. The third-order valence-corrected chi connectivity index (χ3v) is 10.7. The van der Waals surface area contributed by atoms with Gasteiger partial charge in [0.2, 0.25) is 5.91 Å². The fraction of sp³-hybridized carbons (Fsp3) is 0.964. The van der Waals surface area contributed by atoms with E-state index in [0.29, 0.717) is 18.6 Å². The van der Waals surface area contributed by atoms with Gasteiger partial charge < -0.3 is 32.2 Å². The second-order valence-electron chi connectivity index (χ2n) is 12.8. The summed E-state index contributed by atoms with van der Waals surface area (Å²) in [5, 5.41) is 10.7. The molecule has 7 N–H and O–H groups in total. The molecule has 4 heterocycles. The zero-order chi connectivity index (χ0) is 26.5. The molecule has 1 aliphatic carbocycles. The summed E-state index contributed by atoms with van der Waals surface area (Å²) < 4.78 is 5.56. The average Bonchev–Trinajstić information content (AvgIpc) is 3.39. The van der Waals surface area contributed by atoms with Gasteiger partial charge >= 0.3 is 0 Å². The van der Waals surface area contributed by atoms with Gasteiger partial charge in [0.25, 0.3) is 0 Å². The normalized spacial score (nSPS) is 35.2. The van der Waals surface area contributed by atoms with Crippen LogP contribution in [0.2, 0.25) is 0 Å². The Hall–Kier alpha value is -0.520. The van der Waals surface area contributed by atoms with E-state index in [1.807, 2.05) is 0 Å². The summed E-state index contributed by atoms with van der Waals surface area (Å²) in [4.78, 5) is 19.1. The minimum Gasteiger partial charge on any atom is -0.379 e. The van der Waals surface area contributed by atoms with Crippen molar-refractivity contribution in [3.63, 3.8) is 0 Å². The van der Waals surface area contributed by atoms with Gasteiger partial charge in [-0.25, -0.2) is 0 Å². The summed E-state index contributed by atoms with van der Waals surface area (Å²) in [5.41, 5.74) is 13.0. The van der Waals surface area contributed by atoms with Crippen molar-refractivity contribution in [2.24, 2.45) is 22.8 Å². The van der Waals surface area contributed by atoms with E-state index < -0.39 is 12.1 Å². The van der Waals surface area contributed by atoms with E-state index in [4.69, 9.17) is 27.8 Å². The van der Waals surface area contributed by atoms with Gasteiger partial charge in [0.15, 0.2) is 0 Å². The lowest BCUT2D eigenvalue weighted by molar-refractivity contribution is -0.128. The van der Waals surface area contributed by atoms with Crippen LogP contribution >= 0.6 is 11.6 Å². The Bertz CT molecular complexity index is 753. The fourth-order valence-corrected chi connectivity index (χ4v) is 8.38. The monoisotopic (exact) mass is 553 g/mol. The molecule has 0 aromatic heterocycles. The molecule has 1 spiro atoms. The van der Waals surface area contributed by atoms with E-state index in [1.54, 1.807) is 0 Å². The number of hydrogen-bond acceptors (Lipinski definition) is 8. The van der Waals surface area contributed by atoms with Gasteiger partial charge in [-0.3, -0.25) is 14.6 Å². The lowest BCUT2D eigenvalue weighted by Gasteiger charge is -2.46. The molecule has 9 nitrogen and oxygen atoms in total. The smallest absolute Gasteiger partial charge is 0.227 e. The summed E-state index contributed by atoms with van der Waals surface area (Å²) in [6, 6.07) is 1.02. The molecule has 0 aromatic carbocycles. The van der Waals surface area contributed by atoms with Crippen molar-refractivity contribution >= 4 is 17.5 Å². The molecule has 0 bridgehead atoms. The lowest BCUT2D eigenvalue weighted by atomic mass is 9.72. The third kappa shape index (κ3) is 7.03. The van der Waals surface area contributed by atoms with Crippen LogP contribution in [0.1, 0.15) is 64.2 Å².